The Balaban J connectivity index is 2.89. The smallest absolute Gasteiger partial charge is 0.341 e. The largest absolute Gasteiger partial charge is 0.489 e. The second kappa shape index (κ2) is 4.77. The van der Waals surface area contributed by atoms with Crippen LogP contribution in [0.2, 0.25) is 0 Å². The van der Waals surface area contributed by atoms with Gasteiger partial charge in [0.05, 0.1) is 6.10 Å². The number of carboxylic acids is 1. The van der Waals surface area contributed by atoms with Gasteiger partial charge in [-0.05, 0) is 18.9 Å². The van der Waals surface area contributed by atoms with Gasteiger partial charge in [0.15, 0.2) is 0 Å². The fraction of sp³-hybridized carbons (Fsp3) is 0.455. The van der Waals surface area contributed by atoms with E-state index in [0.717, 1.165) is 0 Å². The summed E-state index contributed by atoms with van der Waals surface area (Å²) in [6.45, 7) is 5.95. The van der Waals surface area contributed by atoms with Gasteiger partial charge in [-0.2, -0.15) is 0 Å². The highest BCUT2D eigenvalue weighted by atomic mass is 16.5. The molecule has 1 aromatic rings. The van der Waals surface area contributed by atoms with Crippen molar-refractivity contribution in [3.05, 3.63) is 24.0 Å². The molecule has 4 nitrogen and oxygen atoms in total. The van der Waals surface area contributed by atoms with Crippen molar-refractivity contribution in [1.82, 2.24) is 4.98 Å². The van der Waals surface area contributed by atoms with Crippen molar-refractivity contribution in [1.29, 1.82) is 0 Å². The number of carboxylic acid groups (broad SMARTS) is 1. The first kappa shape index (κ1) is 11.5. The van der Waals surface area contributed by atoms with Crippen LogP contribution in [0, 0.1) is 5.92 Å². The standard InChI is InChI=1S/C11H15NO3/c1-7(2)8(3)15-10-4-5-12-6-9(10)11(13)14/h4-8H,1-3H3,(H,13,14). The Morgan fingerprint density at radius 3 is 2.67 bits per heavy atom. The summed E-state index contributed by atoms with van der Waals surface area (Å²) in [5.41, 5.74) is 0.102. The maximum absolute atomic E-state index is 10.9. The molecule has 0 saturated carbocycles. The van der Waals surface area contributed by atoms with Gasteiger partial charge in [-0.3, -0.25) is 4.98 Å². The number of ether oxygens (including phenoxy) is 1. The van der Waals surface area contributed by atoms with Crippen molar-refractivity contribution in [2.24, 2.45) is 5.92 Å². The van der Waals surface area contributed by atoms with E-state index in [1.165, 1.54) is 12.4 Å². The van der Waals surface area contributed by atoms with Gasteiger partial charge < -0.3 is 9.84 Å². The van der Waals surface area contributed by atoms with Crippen LogP contribution in [0.3, 0.4) is 0 Å². The number of hydrogen-bond acceptors (Lipinski definition) is 3. The van der Waals surface area contributed by atoms with Crippen molar-refractivity contribution in [2.75, 3.05) is 0 Å². The Hall–Kier alpha value is -1.58. The average Bonchev–Trinajstić information content (AvgIpc) is 2.18. The molecule has 1 aromatic heterocycles. The van der Waals surface area contributed by atoms with Crippen LogP contribution in [0.5, 0.6) is 5.75 Å². The number of hydrogen-bond donors (Lipinski definition) is 1. The zero-order chi connectivity index (χ0) is 11.4. The lowest BCUT2D eigenvalue weighted by Gasteiger charge is -2.18. The average molecular weight is 209 g/mol. The fourth-order valence-electron chi connectivity index (χ4n) is 0.981. The molecule has 0 radical (unpaired) electrons. The fourth-order valence-corrected chi connectivity index (χ4v) is 0.981. The zero-order valence-electron chi connectivity index (χ0n) is 9.10. The van der Waals surface area contributed by atoms with Crippen LogP contribution in [-0.2, 0) is 0 Å². The molecule has 4 heteroatoms. The second-order valence-electron chi connectivity index (χ2n) is 3.74. The van der Waals surface area contributed by atoms with Crippen LogP contribution in [0.15, 0.2) is 18.5 Å². The molecule has 82 valence electrons. The minimum atomic E-state index is -1.02. The molecule has 15 heavy (non-hydrogen) atoms. The molecule has 0 aromatic carbocycles. The molecule has 1 atom stereocenters. The third-order valence-electron chi connectivity index (χ3n) is 2.26. The number of carbonyl (C=O) groups is 1. The first-order valence-corrected chi connectivity index (χ1v) is 4.86. The van der Waals surface area contributed by atoms with Crippen LogP contribution >= 0.6 is 0 Å². The van der Waals surface area contributed by atoms with E-state index in [2.05, 4.69) is 4.98 Å². The monoisotopic (exact) mass is 209 g/mol. The van der Waals surface area contributed by atoms with E-state index in [1.54, 1.807) is 6.07 Å². The number of rotatable bonds is 4. The van der Waals surface area contributed by atoms with Crippen LogP contribution < -0.4 is 4.74 Å². The lowest BCUT2D eigenvalue weighted by Crippen LogP contribution is -2.20. The summed E-state index contributed by atoms with van der Waals surface area (Å²) < 4.78 is 5.55. The second-order valence-corrected chi connectivity index (χ2v) is 3.74. The molecule has 0 spiro atoms. The molecule has 1 N–H and O–H groups in total. The predicted octanol–water partition coefficient (Wildman–Crippen LogP) is 2.20. The van der Waals surface area contributed by atoms with Gasteiger partial charge in [-0.25, -0.2) is 4.79 Å². The van der Waals surface area contributed by atoms with E-state index in [9.17, 15) is 4.79 Å². The van der Waals surface area contributed by atoms with Crippen LogP contribution in [0.4, 0.5) is 0 Å². The van der Waals surface area contributed by atoms with Gasteiger partial charge in [0.2, 0.25) is 0 Å². The van der Waals surface area contributed by atoms with Gasteiger partial charge >= 0.3 is 5.97 Å². The molecule has 0 amide bonds. The van der Waals surface area contributed by atoms with Gasteiger partial charge in [0.1, 0.15) is 11.3 Å². The Morgan fingerprint density at radius 1 is 1.47 bits per heavy atom. The maximum Gasteiger partial charge on any atom is 0.341 e. The lowest BCUT2D eigenvalue weighted by atomic mass is 10.1. The molecule has 0 aliphatic heterocycles. The number of aromatic carboxylic acids is 1. The summed E-state index contributed by atoms with van der Waals surface area (Å²) in [6, 6.07) is 1.57. The summed E-state index contributed by atoms with van der Waals surface area (Å²) in [7, 11) is 0. The number of nitrogens with zero attached hydrogens (tertiary/aromatic N) is 1. The number of pyridine rings is 1. The van der Waals surface area contributed by atoms with Crippen molar-refractivity contribution >= 4 is 5.97 Å². The van der Waals surface area contributed by atoms with Crippen molar-refractivity contribution in [3.8, 4) is 5.75 Å². The normalized spacial score (nSPS) is 12.5. The molecule has 1 unspecified atom stereocenters. The van der Waals surface area contributed by atoms with Gasteiger partial charge in [-0.15, -0.1) is 0 Å². The predicted molar refractivity (Wildman–Crippen MR) is 56.1 cm³/mol. The molecule has 0 saturated heterocycles. The molecule has 0 aliphatic carbocycles. The van der Waals surface area contributed by atoms with E-state index in [-0.39, 0.29) is 11.7 Å². The summed E-state index contributed by atoms with van der Waals surface area (Å²) in [5.74, 6) is -0.312. The van der Waals surface area contributed by atoms with Crippen molar-refractivity contribution in [2.45, 2.75) is 26.9 Å². The van der Waals surface area contributed by atoms with Gasteiger partial charge in [0, 0.05) is 12.4 Å². The van der Waals surface area contributed by atoms with E-state index in [1.807, 2.05) is 20.8 Å². The molecule has 0 bridgehead atoms. The minimum Gasteiger partial charge on any atom is -0.489 e. The Bertz CT molecular complexity index is 349. The summed E-state index contributed by atoms with van der Waals surface area (Å²) in [5, 5.41) is 8.90. The van der Waals surface area contributed by atoms with Gasteiger partial charge in [0.25, 0.3) is 0 Å². The van der Waals surface area contributed by atoms with E-state index in [4.69, 9.17) is 9.84 Å². The van der Waals surface area contributed by atoms with E-state index < -0.39 is 5.97 Å². The topological polar surface area (TPSA) is 59.4 Å². The highest BCUT2D eigenvalue weighted by molar-refractivity contribution is 5.90. The highest BCUT2D eigenvalue weighted by Gasteiger charge is 2.15. The summed E-state index contributed by atoms with van der Waals surface area (Å²) >= 11 is 0. The molecular formula is C11H15NO3. The SMILES string of the molecule is CC(C)C(C)Oc1ccncc1C(=O)O. The minimum absolute atomic E-state index is 0.0227. The Labute approximate surface area is 88.9 Å². The van der Waals surface area contributed by atoms with Crippen molar-refractivity contribution in [3.63, 3.8) is 0 Å². The molecule has 0 aliphatic rings. The third-order valence-corrected chi connectivity index (χ3v) is 2.26. The first-order chi connectivity index (χ1) is 7.02. The lowest BCUT2D eigenvalue weighted by molar-refractivity contribution is 0.0686. The van der Waals surface area contributed by atoms with Crippen LogP contribution in [0.1, 0.15) is 31.1 Å². The number of aromatic nitrogens is 1. The van der Waals surface area contributed by atoms with Gasteiger partial charge in [-0.1, -0.05) is 13.8 Å². The summed E-state index contributed by atoms with van der Waals surface area (Å²) in [6.07, 6.45) is 2.80. The van der Waals surface area contributed by atoms with Crippen molar-refractivity contribution < 1.29 is 14.6 Å². The van der Waals surface area contributed by atoms with E-state index in [0.29, 0.717) is 11.7 Å². The Kier molecular flexibility index (Phi) is 3.66. The molecular weight excluding hydrogens is 194 g/mol. The summed E-state index contributed by atoms with van der Waals surface area (Å²) in [4.78, 5) is 14.6. The van der Waals surface area contributed by atoms with Crippen LogP contribution in [-0.4, -0.2) is 22.2 Å². The highest BCUT2D eigenvalue weighted by Crippen LogP contribution is 2.20. The van der Waals surface area contributed by atoms with E-state index >= 15 is 0 Å². The molecule has 1 heterocycles. The van der Waals surface area contributed by atoms with Crippen LogP contribution in [0.25, 0.3) is 0 Å². The maximum atomic E-state index is 10.9. The zero-order valence-corrected chi connectivity index (χ0v) is 9.10. The third kappa shape index (κ3) is 2.94. The first-order valence-electron chi connectivity index (χ1n) is 4.86. The Morgan fingerprint density at radius 2 is 2.13 bits per heavy atom. The molecule has 0 fully saturated rings. The molecule has 1 rings (SSSR count). The quantitative estimate of drug-likeness (QED) is 0.825.